The molecule has 118 valence electrons. The lowest BCUT2D eigenvalue weighted by Gasteiger charge is -2.16. The highest BCUT2D eigenvalue weighted by atomic mass is 79.9. The second-order valence-corrected chi connectivity index (χ2v) is 4.28. The molecule has 0 aliphatic rings. The maximum absolute atomic E-state index is 12.9. The first-order valence-corrected chi connectivity index (χ1v) is 6.49. The molecule has 0 radical (unpaired) electrons. The summed E-state index contributed by atoms with van der Waals surface area (Å²) in [6.07, 6.45) is -8.87. The summed E-state index contributed by atoms with van der Waals surface area (Å²) in [5.41, 5.74) is -1.51. The smallest absolute Gasteiger partial charge is 0.469 e. The van der Waals surface area contributed by atoms with E-state index in [1.165, 1.54) is 0 Å². The molecule has 1 aromatic heterocycles. The summed E-state index contributed by atoms with van der Waals surface area (Å²) >= 11 is 2.88. The number of hydrogen-bond donors (Lipinski definition) is 0. The first-order chi connectivity index (χ1) is 9.67. The Morgan fingerprint density at radius 1 is 1.43 bits per heavy atom. The number of rotatable bonds is 5. The molecule has 0 aromatic carbocycles. The van der Waals surface area contributed by atoms with Gasteiger partial charge in [-0.2, -0.15) is 0 Å². The molecular weight excluding hydrogens is 369 g/mol. The van der Waals surface area contributed by atoms with E-state index in [9.17, 15) is 26.7 Å². The first kappa shape index (κ1) is 17.6. The zero-order valence-electron chi connectivity index (χ0n) is 10.5. The maximum atomic E-state index is 12.9. The largest absolute Gasteiger partial charge is 0.573 e. The molecule has 0 spiro atoms. The molecule has 0 saturated carbocycles. The van der Waals surface area contributed by atoms with Crippen LogP contribution in [0.1, 0.15) is 23.4 Å². The average molecular weight is 378 g/mol. The Labute approximate surface area is 124 Å². The Morgan fingerprint density at radius 2 is 2.05 bits per heavy atom. The van der Waals surface area contributed by atoms with Crippen molar-refractivity contribution in [2.45, 2.75) is 24.5 Å². The highest BCUT2D eigenvalue weighted by Gasteiger charge is 2.35. The van der Waals surface area contributed by atoms with Crippen molar-refractivity contribution in [3.8, 4) is 5.75 Å². The quantitative estimate of drug-likeness (QED) is 0.447. The SMILES string of the molecule is COC(=O)Cc1cc(CBr)c(OC(F)(F)F)c(C(F)F)n1. The molecule has 0 fully saturated rings. The van der Waals surface area contributed by atoms with Crippen molar-refractivity contribution in [1.82, 2.24) is 4.98 Å². The minimum Gasteiger partial charge on any atom is -0.469 e. The molecule has 0 aliphatic heterocycles. The van der Waals surface area contributed by atoms with Crippen molar-refractivity contribution in [1.29, 1.82) is 0 Å². The summed E-state index contributed by atoms with van der Waals surface area (Å²) < 4.78 is 70.6. The number of carbonyl (C=O) groups is 1. The summed E-state index contributed by atoms with van der Waals surface area (Å²) in [5, 5.41) is -0.186. The van der Waals surface area contributed by atoms with Gasteiger partial charge in [0.05, 0.1) is 19.2 Å². The molecule has 0 aliphatic carbocycles. The molecule has 1 heterocycles. The maximum Gasteiger partial charge on any atom is 0.573 e. The van der Waals surface area contributed by atoms with Crippen LogP contribution in [0, 0.1) is 0 Å². The van der Waals surface area contributed by atoms with Crippen LogP contribution in [0.2, 0.25) is 0 Å². The number of alkyl halides is 6. The number of carbonyl (C=O) groups excluding carboxylic acids is 1. The third-order valence-electron chi connectivity index (χ3n) is 2.25. The fourth-order valence-electron chi connectivity index (χ4n) is 1.46. The van der Waals surface area contributed by atoms with E-state index < -0.39 is 36.6 Å². The normalized spacial score (nSPS) is 11.6. The van der Waals surface area contributed by atoms with E-state index in [-0.39, 0.29) is 16.6 Å². The van der Waals surface area contributed by atoms with Crippen molar-refractivity contribution >= 4 is 21.9 Å². The summed E-state index contributed by atoms with van der Waals surface area (Å²) in [7, 11) is 1.09. The number of methoxy groups -OCH3 is 1. The molecule has 0 amide bonds. The molecule has 0 bridgehead atoms. The molecule has 4 nitrogen and oxygen atoms in total. The first-order valence-electron chi connectivity index (χ1n) is 5.37. The van der Waals surface area contributed by atoms with Crippen LogP contribution in [0.25, 0.3) is 0 Å². The Kier molecular flexibility index (Phi) is 5.87. The third-order valence-corrected chi connectivity index (χ3v) is 2.85. The summed E-state index contributed by atoms with van der Waals surface area (Å²) in [6, 6.07) is 1.07. The summed E-state index contributed by atoms with van der Waals surface area (Å²) in [6.45, 7) is 0. The van der Waals surface area contributed by atoms with Crippen LogP contribution in [0.15, 0.2) is 6.07 Å². The number of esters is 1. The molecule has 21 heavy (non-hydrogen) atoms. The molecule has 0 N–H and O–H groups in total. The zero-order chi connectivity index (χ0) is 16.2. The van der Waals surface area contributed by atoms with Crippen LogP contribution in [-0.4, -0.2) is 24.4 Å². The second kappa shape index (κ2) is 7.01. The molecule has 1 aromatic rings. The number of pyridine rings is 1. The highest BCUT2D eigenvalue weighted by molar-refractivity contribution is 9.08. The van der Waals surface area contributed by atoms with E-state index >= 15 is 0 Å². The van der Waals surface area contributed by atoms with Crippen molar-refractivity contribution < 1.29 is 36.2 Å². The summed E-state index contributed by atoms with van der Waals surface area (Å²) in [4.78, 5) is 14.5. The zero-order valence-corrected chi connectivity index (χ0v) is 12.1. The number of aromatic nitrogens is 1. The van der Waals surface area contributed by atoms with Gasteiger partial charge in [-0.1, -0.05) is 15.9 Å². The van der Waals surface area contributed by atoms with Crippen LogP contribution in [0.5, 0.6) is 5.75 Å². The molecule has 0 saturated heterocycles. The Hall–Kier alpha value is -1.45. The topological polar surface area (TPSA) is 48.4 Å². The van der Waals surface area contributed by atoms with Gasteiger partial charge in [0.25, 0.3) is 6.43 Å². The van der Waals surface area contributed by atoms with Crippen molar-refractivity contribution in [2.24, 2.45) is 0 Å². The lowest BCUT2D eigenvalue weighted by molar-refractivity contribution is -0.275. The molecule has 0 unspecified atom stereocenters. The minimum atomic E-state index is -5.13. The van der Waals surface area contributed by atoms with E-state index in [1.54, 1.807) is 0 Å². The standard InChI is InChI=1S/C11H9BrF5NO3/c1-20-7(19)3-6-2-5(4-12)9(21-11(15,16)17)8(18-6)10(13)14/h2,10H,3-4H2,1H3. The Morgan fingerprint density at radius 3 is 2.48 bits per heavy atom. The number of halogens is 6. The van der Waals surface area contributed by atoms with E-state index in [0.29, 0.717) is 0 Å². The molecule has 1 rings (SSSR count). The fourth-order valence-corrected chi connectivity index (χ4v) is 1.88. The van der Waals surface area contributed by atoms with Gasteiger partial charge in [-0.15, -0.1) is 13.2 Å². The van der Waals surface area contributed by atoms with Gasteiger partial charge in [-0.05, 0) is 6.07 Å². The van der Waals surface area contributed by atoms with Gasteiger partial charge >= 0.3 is 12.3 Å². The van der Waals surface area contributed by atoms with Crippen LogP contribution >= 0.6 is 15.9 Å². The minimum absolute atomic E-state index is 0.138. The monoisotopic (exact) mass is 377 g/mol. The second-order valence-electron chi connectivity index (χ2n) is 3.72. The number of hydrogen-bond acceptors (Lipinski definition) is 4. The molecular formula is C11H9BrF5NO3. The van der Waals surface area contributed by atoms with E-state index in [1.807, 2.05) is 0 Å². The average Bonchev–Trinajstić information content (AvgIpc) is 2.37. The van der Waals surface area contributed by atoms with Crippen molar-refractivity contribution in [3.63, 3.8) is 0 Å². The number of ether oxygens (including phenoxy) is 2. The number of nitrogens with zero attached hydrogens (tertiary/aromatic N) is 1. The van der Waals surface area contributed by atoms with Gasteiger partial charge in [0.15, 0.2) is 5.75 Å². The van der Waals surface area contributed by atoms with Gasteiger partial charge in [0.1, 0.15) is 5.69 Å². The van der Waals surface area contributed by atoms with Crippen molar-refractivity contribution in [3.05, 3.63) is 23.0 Å². The fraction of sp³-hybridized carbons (Fsp3) is 0.455. The van der Waals surface area contributed by atoms with Gasteiger partial charge in [-0.3, -0.25) is 4.79 Å². The Balaban J connectivity index is 3.32. The predicted octanol–water partition coefficient (Wildman–Crippen LogP) is 3.53. The highest BCUT2D eigenvalue weighted by Crippen LogP contribution is 2.36. The van der Waals surface area contributed by atoms with Gasteiger partial charge in [0.2, 0.25) is 0 Å². The Bertz CT molecular complexity index is 521. The molecule has 0 atom stereocenters. The van der Waals surface area contributed by atoms with E-state index in [2.05, 4.69) is 30.4 Å². The van der Waals surface area contributed by atoms with Crippen LogP contribution in [-0.2, 0) is 21.3 Å². The van der Waals surface area contributed by atoms with Gasteiger partial charge in [0, 0.05) is 10.9 Å². The van der Waals surface area contributed by atoms with Gasteiger partial charge in [-0.25, -0.2) is 13.8 Å². The van der Waals surface area contributed by atoms with Crippen LogP contribution in [0.3, 0.4) is 0 Å². The predicted molar refractivity (Wildman–Crippen MR) is 64.2 cm³/mol. The van der Waals surface area contributed by atoms with E-state index in [4.69, 9.17) is 0 Å². The van der Waals surface area contributed by atoms with Crippen LogP contribution in [0.4, 0.5) is 22.0 Å². The van der Waals surface area contributed by atoms with E-state index in [0.717, 1.165) is 13.2 Å². The van der Waals surface area contributed by atoms with Crippen molar-refractivity contribution in [2.75, 3.05) is 7.11 Å². The third kappa shape index (κ3) is 5.10. The lowest BCUT2D eigenvalue weighted by atomic mass is 10.1. The lowest BCUT2D eigenvalue weighted by Crippen LogP contribution is -2.20. The molecule has 10 heteroatoms. The van der Waals surface area contributed by atoms with Crippen LogP contribution < -0.4 is 4.74 Å². The van der Waals surface area contributed by atoms with Gasteiger partial charge < -0.3 is 9.47 Å². The summed E-state index contributed by atoms with van der Waals surface area (Å²) in [5.74, 6) is -1.82.